The summed E-state index contributed by atoms with van der Waals surface area (Å²) in [6.07, 6.45) is 1.52. The number of hydrogen-bond donors (Lipinski definition) is 1. The lowest BCUT2D eigenvalue weighted by molar-refractivity contribution is 0.309. The highest BCUT2D eigenvalue weighted by atomic mass is 35.5. The maximum atomic E-state index is 12.4. The Balaban J connectivity index is 3.23. The number of benzene rings is 1. The highest BCUT2D eigenvalue weighted by Crippen LogP contribution is 2.30. The molecular weight excluding hydrogens is 298 g/mol. The van der Waals surface area contributed by atoms with Crippen LogP contribution in [0.25, 0.3) is 0 Å². The Hall–Kier alpha value is -0.780. The zero-order chi connectivity index (χ0) is 15.3. The van der Waals surface area contributed by atoms with E-state index in [0.717, 1.165) is 12.0 Å². The van der Waals surface area contributed by atoms with Gasteiger partial charge in [0.15, 0.2) is 0 Å². The molecule has 0 amide bonds. The zero-order valence-electron chi connectivity index (χ0n) is 12.4. The average molecular weight is 320 g/mol. The third-order valence-electron chi connectivity index (χ3n) is 2.94. The van der Waals surface area contributed by atoms with Crippen molar-refractivity contribution in [2.45, 2.75) is 51.5 Å². The summed E-state index contributed by atoms with van der Waals surface area (Å²) < 4.78 is 33.0. The molecule has 0 aliphatic heterocycles. The lowest BCUT2D eigenvalue weighted by Crippen LogP contribution is -2.32. The van der Waals surface area contributed by atoms with Gasteiger partial charge in [-0.25, -0.2) is 13.1 Å². The number of rotatable bonds is 7. The number of halogens is 1. The minimum Gasteiger partial charge on any atom is -0.492 e. The second-order valence-electron chi connectivity index (χ2n) is 4.83. The van der Waals surface area contributed by atoms with Crippen molar-refractivity contribution < 1.29 is 13.2 Å². The first-order valence-corrected chi connectivity index (χ1v) is 8.63. The van der Waals surface area contributed by atoms with Crippen molar-refractivity contribution in [2.75, 3.05) is 6.61 Å². The van der Waals surface area contributed by atoms with Gasteiger partial charge < -0.3 is 4.74 Å². The van der Waals surface area contributed by atoms with E-state index in [9.17, 15) is 8.42 Å². The molecule has 1 N–H and O–H groups in total. The standard InChI is InChI=1S/C14H22ClNO3S/c1-5-7-19-13-8-10(3)12(15)9-14(13)20(17,18)16-11(4)6-2/h8-9,11,16H,5-7H2,1-4H3. The van der Waals surface area contributed by atoms with Crippen LogP contribution in [0.3, 0.4) is 0 Å². The summed E-state index contributed by atoms with van der Waals surface area (Å²) in [5.41, 5.74) is 0.792. The normalized spacial score (nSPS) is 13.2. The smallest absolute Gasteiger partial charge is 0.244 e. The predicted molar refractivity (Wildman–Crippen MR) is 82.0 cm³/mol. The second kappa shape index (κ2) is 7.29. The number of nitrogens with one attached hydrogen (secondary N) is 1. The molecule has 6 heteroatoms. The Kier molecular flexibility index (Phi) is 6.30. The maximum Gasteiger partial charge on any atom is 0.244 e. The fourth-order valence-corrected chi connectivity index (χ4v) is 3.29. The highest BCUT2D eigenvalue weighted by Gasteiger charge is 2.22. The summed E-state index contributed by atoms with van der Waals surface area (Å²) >= 11 is 6.05. The summed E-state index contributed by atoms with van der Waals surface area (Å²) in [6, 6.07) is 2.98. The Bertz CT molecular complexity index is 558. The summed E-state index contributed by atoms with van der Waals surface area (Å²) in [6.45, 7) is 7.99. The number of aryl methyl sites for hydroxylation is 1. The zero-order valence-corrected chi connectivity index (χ0v) is 13.9. The minimum atomic E-state index is -3.63. The minimum absolute atomic E-state index is 0.0989. The topological polar surface area (TPSA) is 55.4 Å². The van der Waals surface area contributed by atoms with Gasteiger partial charge in [-0.1, -0.05) is 25.4 Å². The van der Waals surface area contributed by atoms with Gasteiger partial charge in [-0.2, -0.15) is 0 Å². The van der Waals surface area contributed by atoms with Gasteiger partial charge >= 0.3 is 0 Å². The lowest BCUT2D eigenvalue weighted by atomic mass is 10.2. The molecule has 0 aromatic heterocycles. The van der Waals surface area contributed by atoms with Gasteiger partial charge in [-0.05, 0) is 44.4 Å². The molecule has 0 fully saturated rings. The van der Waals surface area contributed by atoms with E-state index in [0.29, 0.717) is 23.8 Å². The van der Waals surface area contributed by atoms with Gasteiger partial charge in [-0.3, -0.25) is 0 Å². The third kappa shape index (κ3) is 4.36. The molecule has 1 unspecified atom stereocenters. The first kappa shape index (κ1) is 17.3. The molecule has 1 aromatic carbocycles. The van der Waals surface area contributed by atoms with E-state index in [1.165, 1.54) is 6.07 Å². The van der Waals surface area contributed by atoms with Gasteiger partial charge in [0, 0.05) is 11.1 Å². The second-order valence-corrected chi connectivity index (χ2v) is 6.92. The molecule has 0 bridgehead atoms. The van der Waals surface area contributed by atoms with E-state index in [2.05, 4.69) is 4.72 Å². The third-order valence-corrected chi connectivity index (χ3v) is 4.96. The molecule has 1 rings (SSSR count). The van der Waals surface area contributed by atoms with Crippen LogP contribution in [-0.4, -0.2) is 21.1 Å². The van der Waals surface area contributed by atoms with E-state index >= 15 is 0 Å². The fraction of sp³-hybridized carbons (Fsp3) is 0.571. The van der Waals surface area contributed by atoms with Gasteiger partial charge in [0.2, 0.25) is 10.0 Å². The van der Waals surface area contributed by atoms with Crippen molar-refractivity contribution in [3.63, 3.8) is 0 Å². The van der Waals surface area contributed by atoms with Gasteiger partial charge in [-0.15, -0.1) is 0 Å². The molecular formula is C14H22ClNO3S. The van der Waals surface area contributed by atoms with E-state index < -0.39 is 10.0 Å². The Morgan fingerprint density at radius 1 is 1.35 bits per heavy atom. The van der Waals surface area contributed by atoms with E-state index in [-0.39, 0.29) is 10.9 Å². The summed E-state index contributed by atoms with van der Waals surface area (Å²) in [5, 5.41) is 0.415. The van der Waals surface area contributed by atoms with Crippen molar-refractivity contribution in [1.29, 1.82) is 0 Å². The predicted octanol–water partition coefficient (Wildman–Crippen LogP) is 3.51. The molecule has 4 nitrogen and oxygen atoms in total. The van der Waals surface area contributed by atoms with Crippen LogP contribution in [0.5, 0.6) is 5.75 Å². The highest BCUT2D eigenvalue weighted by molar-refractivity contribution is 7.89. The Labute approximate surface area is 126 Å². The first-order valence-electron chi connectivity index (χ1n) is 6.77. The van der Waals surface area contributed by atoms with E-state index in [1.807, 2.05) is 27.7 Å². The molecule has 0 saturated heterocycles. The molecule has 1 atom stereocenters. The molecule has 0 saturated carbocycles. The molecule has 0 heterocycles. The summed E-state index contributed by atoms with van der Waals surface area (Å²) in [7, 11) is -3.63. The van der Waals surface area contributed by atoms with Crippen LogP contribution in [-0.2, 0) is 10.0 Å². The first-order chi connectivity index (χ1) is 9.31. The van der Waals surface area contributed by atoms with Crippen LogP contribution in [0.2, 0.25) is 5.02 Å². The van der Waals surface area contributed by atoms with Crippen molar-refractivity contribution in [2.24, 2.45) is 0 Å². The molecule has 0 radical (unpaired) electrons. The molecule has 114 valence electrons. The quantitative estimate of drug-likeness (QED) is 0.836. The fourth-order valence-electron chi connectivity index (χ4n) is 1.58. The SMILES string of the molecule is CCCOc1cc(C)c(Cl)cc1S(=O)(=O)NC(C)CC. The van der Waals surface area contributed by atoms with Crippen LogP contribution in [0.15, 0.2) is 17.0 Å². The van der Waals surface area contributed by atoms with Crippen LogP contribution >= 0.6 is 11.6 Å². The van der Waals surface area contributed by atoms with Crippen molar-refractivity contribution in [1.82, 2.24) is 4.72 Å². The molecule has 0 aliphatic rings. The Morgan fingerprint density at radius 2 is 2.00 bits per heavy atom. The number of ether oxygens (including phenoxy) is 1. The molecule has 0 spiro atoms. The van der Waals surface area contributed by atoms with Crippen molar-refractivity contribution in [3.05, 3.63) is 22.7 Å². The average Bonchev–Trinajstić information content (AvgIpc) is 2.38. The largest absolute Gasteiger partial charge is 0.492 e. The summed E-state index contributed by atoms with van der Waals surface area (Å²) in [4.78, 5) is 0.0989. The lowest BCUT2D eigenvalue weighted by Gasteiger charge is -2.16. The van der Waals surface area contributed by atoms with Crippen molar-refractivity contribution >= 4 is 21.6 Å². The van der Waals surface area contributed by atoms with Crippen molar-refractivity contribution in [3.8, 4) is 5.75 Å². The Morgan fingerprint density at radius 3 is 2.55 bits per heavy atom. The summed E-state index contributed by atoms with van der Waals surface area (Å²) in [5.74, 6) is 0.351. The van der Waals surface area contributed by atoms with Crippen LogP contribution in [0.4, 0.5) is 0 Å². The van der Waals surface area contributed by atoms with Gasteiger partial charge in [0.1, 0.15) is 10.6 Å². The van der Waals surface area contributed by atoms with Gasteiger partial charge in [0.25, 0.3) is 0 Å². The molecule has 1 aromatic rings. The van der Waals surface area contributed by atoms with Crippen LogP contribution in [0, 0.1) is 6.92 Å². The van der Waals surface area contributed by atoms with E-state index in [4.69, 9.17) is 16.3 Å². The molecule has 20 heavy (non-hydrogen) atoms. The number of hydrogen-bond acceptors (Lipinski definition) is 3. The number of sulfonamides is 1. The monoisotopic (exact) mass is 319 g/mol. The molecule has 0 aliphatic carbocycles. The maximum absolute atomic E-state index is 12.4. The van der Waals surface area contributed by atoms with Gasteiger partial charge in [0.05, 0.1) is 6.61 Å². The van der Waals surface area contributed by atoms with Crippen LogP contribution < -0.4 is 9.46 Å². The van der Waals surface area contributed by atoms with E-state index in [1.54, 1.807) is 6.07 Å². The van der Waals surface area contributed by atoms with Crippen LogP contribution in [0.1, 0.15) is 39.2 Å².